The van der Waals surface area contributed by atoms with Gasteiger partial charge in [-0.1, -0.05) is 0 Å². The Hall–Kier alpha value is -2.18. The summed E-state index contributed by atoms with van der Waals surface area (Å²) in [4.78, 5) is 25.4. The summed E-state index contributed by atoms with van der Waals surface area (Å²) in [6.45, 7) is 5.55. The minimum absolute atomic E-state index is 0.0244. The molecule has 19 heavy (non-hydrogen) atoms. The van der Waals surface area contributed by atoms with Gasteiger partial charge in [-0.3, -0.25) is 14.9 Å². The van der Waals surface area contributed by atoms with Gasteiger partial charge < -0.3 is 10.1 Å². The van der Waals surface area contributed by atoms with E-state index in [1.165, 1.54) is 6.20 Å². The Labute approximate surface area is 111 Å². The lowest BCUT2D eigenvalue weighted by atomic mass is 10.2. The zero-order valence-electron chi connectivity index (χ0n) is 11.2. The van der Waals surface area contributed by atoms with Gasteiger partial charge in [0.05, 0.1) is 18.0 Å². The molecular weight excluding hydrogens is 250 g/mol. The summed E-state index contributed by atoms with van der Waals surface area (Å²) in [5, 5.41) is 13.7. The van der Waals surface area contributed by atoms with Crippen molar-refractivity contribution in [2.45, 2.75) is 33.2 Å². The maximum atomic E-state index is 11.3. The number of esters is 1. The molecule has 0 amide bonds. The fourth-order valence-electron chi connectivity index (χ4n) is 1.59. The second kappa shape index (κ2) is 6.67. The van der Waals surface area contributed by atoms with Crippen molar-refractivity contribution < 1.29 is 14.5 Å². The number of carbonyl (C=O) groups is 1. The van der Waals surface area contributed by atoms with Crippen LogP contribution in [0.15, 0.2) is 12.3 Å². The molecule has 0 aliphatic heterocycles. The lowest BCUT2D eigenvalue weighted by Crippen LogP contribution is -2.21. The number of aromatic nitrogens is 1. The molecule has 7 nitrogen and oxygen atoms in total. The van der Waals surface area contributed by atoms with E-state index in [0.717, 1.165) is 0 Å². The Kier molecular flexibility index (Phi) is 5.23. The number of nitrogens with zero attached hydrogens (tertiary/aromatic N) is 2. The smallest absolute Gasteiger partial charge is 0.307 e. The first-order valence-electron chi connectivity index (χ1n) is 5.97. The molecule has 0 spiro atoms. The van der Waals surface area contributed by atoms with Gasteiger partial charge in [0.25, 0.3) is 5.69 Å². The standard InChI is InChI=1S/C12H17N3O4/c1-4-19-12(16)6-9(3)14-11-5-8(2)10(7-13-11)15(17)18/h5,7,9H,4,6H2,1-3H3,(H,13,14). The molecule has 0 bridgehead atoms. The van der Waals surface area contributed by atoms with Gasteiger partial charge in [-0.2, -0.15) is 0 Å². The lowest BCUT2D eigenvalue weighted by Gasteiger charge is -2.13. The molecule has 1 aromatic rings. The van der Waals surface area contributed by atoms with Gasteiger partial charge in [-0.25, -0.2) is 4.98 Å². The number of hydrogen-bond acceptors (Lipinski definition) is 6. The van der Waals surface area contributed by atoms with Crippen LogP contribution in [0.2, 0.25) is 0 Å². The van der Waals surface area contributed by atoms with Crippen LogP contribution >= 0.6 is 0 Å². The summed E-state index contributed by atoms with van der Waals surface area (Å²) >= 11 is 0. The van der Waals surface area contributed by atoms with Crippen LogP contribution in [0.25, 0.3) is 0 Å². The van der Waals surface area contributed by atoms with Gasteiger partial charge in [0, 0.05) is 11.6 Å². The normalized spacial score (nSPS) is 11.7. The minimum atomic E-state index is -0.478. The fourth-order valence-corrected chi connectivity index (χ4v) is 1.59. The first kappa shape index (κ1) is 14.9. The Balaban J connectivity index is 2.65. The second-order valence-electron chi connectivity index (χ2n) is 4.17. The van der Waals surface area contributed by atoms with E-state index in [0.29, 0.717) is 18.0 Å². The topological polar surface area (TPSA) is 94.4 Å². The number of ether oxygens (including phenoxy) is 1. The summed E-state index contributed by atoms with van der Waals surface area (Å²) in [6, 6.07) is 1.42. The average Bonchev–Trinajstić information content (AvgIpc) is 2.28. The highest BCUT2D eigenvalue weighted by atomic mass is 16.6. The Bertz CT molecular complexity index is 476. The summed E-state index contributed by atoms with van der Waals surface area (Å²) in [5.74, 6) is 0.209. The number of aryl methyl sites for hydroxylation is 1. The van der Waals surface area contributed by atoms with Gasteiger partial charge >= 0.3 is 5.97 Å². The highest BCUT2D eigenvalue weighted by Crippen LogP contribution is 2.19. The van der Waals surface area contributed by atoms with E-state index in [2.05, 4.69) is 10.3 Å². The molecule has 104 valence electrons. The molecule has 7 heteroatoms. The summed E-state index contributed by atoms with van der Waals surface area (Å²) in [7, 11) is 0. The zero-order chi connectivity index (χ0) is 14.4. The summed E-state index contributed by atoms with van der Waals surface area (Å²) < 4.78 is 4.84. The molecule has 1 rings (SSSR count). The van der Waals surface area contributed by atoms with Gasteiger partial charge in [0.2, 0.25) is 0 Å². The molecule has 0 saturated heterocycles. The van der Waals surface area contributed by atoms with Crippen molar-refractivity contribution in [1.82, 2.24) is 4.98 Å². The first-order valence-corrected chi connectivity index (χ1v) is 5.97. The maximum Gasteiger partial charge on any atom is 0.307 e. The first-order chi connectivity index (χ1) is 8.93. The predicted molar refractivity (Wildman–Crippen MR) is 70.0 cm³/mol. The highest BCUT2D eigenvalue weighted by molar-refractivity contribution is 5.70. The number of anilines is 1. The number of hydrogen-bond donors (Lipinski definition) is 1. The number of carbonyl (C=O) groups excluding carboxylic acids is 1. The third kappa shape index (κ3) is 4.53. The molecule has 1 unspecified atom stereocenters. The van der Waals surface area contributed by atoms with Crippen molar-refractivity contribution in [3.63, 3.8) is 0 Å². The molecule has 0 fully saturated rings. The van der Waals surface area contributed by atoms with Crippen molar-refractivity contribution in [2.75, 3.05) is 11.9 Å². The third-order valence-electron chi connectivity index (χ3n) is 2.45. The van der Waals surface area contributed by atoms with Gasteiger partial charge in [-0.15, -0.1) is 0 Å². The van der Waals surface area contributed by atoms with Crippen LogP contribution in [-0.4, -0.2) is 28.5 Å². The van der Waals surface area contributed by atoms with E-state index in [4.69, 9.17) is 4.74 Å². The van der Waals surface area contributed by atoms with E-state index in [9.17, 15) is 14.9 Å². The monoisotopic (exact) mass is 267 g/mol. The van der Waals surface area contributed by atoms with Crippen molar-refractivity contribution in [3.8, 4) is 0 Å². The maximum absolute atomic E-state index is 11.3. The molecule has 1 atom stereocenters. The van der Waals surface area contributed by atoms with Crippen LogP contribution in [-0.2, 0) is 9.53 Å². The fraction of sp³-hybridized carbons (Fsp3) is 0.500. The van der Waals surface area contributed by atoms with E-state index in [1.807, 2.05) is 6.92 Å². The molecule has 0 aliphatic rings. The van der Waals surface area contributed by atoms with Crippen LogP contribution in [0, 0.1) is 17.0 Å². The van der Waals surface area contributed by atoms with E-state index in [-0.39, 0.29) is 24.1 Å². The number of rotatable bonds is 6. The molecule has 1 aromatic heterocycles. The average molecular weight is 267 g/mol. The number of nitro groups is 1. The van der Waals surface area contributed by atoms with Gasteiger partial charge in [0.15, 0.2) is 0 Å². The largest absolute Gasteiger partial charge is 0.466 e. The number of pyridine rings is 1. The molecule has 0 radical (unpaired) electrons. The molecular formula is C12H17N3O4. The number of nitrogens with one attached hydrogen (secondary N) is 1. The molecule has 1 heterocycles. The van der Waals surface area contributed by atoms with Crippen LogP contribution in [0.1, 0.15) is 25.8 Å². The van der Waals surface area contributed by atoms with Crippen molar-refractivity contribution >= 4 is 17.5 Å². The van der Waals surface area contributed by atoms with E-state index >= 15 is 0 Å². The SMILES string of the molecule is CCOC(=O)CC(C)Nc1cc(C)c([N+](=O)[O-])cn1. The van der Waals surface area contributed by atoms with Crippen LogP contribution in [0.3, 0.4) is 0 Å². The molecule has 0 aromatic carbocycles. The molecule has 1 N–H and O–H groups in total. The summed E-state index contributed by atoms with van der Waals surface area (Å²) in [6.07, 6.45) is 1.42. The van der Waals surface area contributed by atoms with Crippen LogP contribution < -0.4 is 5.32 Å². The van der Waals surface area contributed by atoms with Crippen LogP contribution in [0.5, 0.6) is 0 Å². The Morgan fingerprint density at radius 3 is 2.84 bits per heavy atom. The molecule has 0 aliphatic carbocycles. The van der Waals surface area contributed by atoms with Gasteiger partial charge in [0.1, 0.15) is 12.0 Å². The van der Waals surface area contributed by atoms with E-state index in [1.54, 1.807) is 19.9 Å². The lowest BCUT2D eigenvalue weighted by molar-refractivity contribution is -0.385. The van der Waals surface area contributed by atoms with Crippen molar-refractivity contribution in [1.29, 1.82) is 0 Å². The second-order valence-corrected chi connectivity index (χ2v) is 4.17. The van der Waals surface area contributed by atoms with E-state index < -0.39 is 4.92 Å². The quantitative estimate of drug-likeness (QED) is 0.481. The highest BCUT2D eigenvalue weighted by Gasteiger charge is 2.14. The molecule has 0 saturated carbocycles. The van der Waals surface area contributed by atoms with Gasteiger partial charge in [-0.05, 0) is 26.8 Å². The summed E-state index contributed by atoms with van der Waals surface area (Å²) in [5.41, 5.74) is 0.495. The van der Waals surface area contributed by atoms with Crippen molar-refractivity contribution in [3.05, 3.63) is 27.9 Å². The zero-order valence-corrected chi connectivity index (χ0v) is 11.2. The Morgan fingerprint density at radius 2 is 2.32 bits per heavy atom. The van der Waals surface area contributed by atoms with Crippen molar-refractivity contribution in [2.24, 2.45) is 0 Å². The van der Waals surface area contributed by atoms with Crippen LogP contribution in [0.4, 0.5) is 11.5 Å². The Morgan fingerprint density at radius 1 is 1.63 bits per heavy atom. The third-order valence-corrected chi connectivity index (χ3v) is 2.45. The minimum Gasteiger partial charge on any atom is -0.466 e. The predicted octanol–water partition coefficient (Wildman–Crippen LogP) is 2.05.